The molecule has 0 aliphatic rings. The predicted octanol–water partition coefficient (Wildman–Crippen LogP) is 3.79. The molecule has 0 saturated heterocycles. The molecule has 25 heavy (non-hydrogen) atoms. The van der Waals surface area contributed by atoms with Crippen molar-refractivity contribution in [1.29, 1.82) is 0 Å². The van der Waals surface area contributed by atoms with Crippen LogP contribution in [0.25, 0.3) is 12.2 Å². The van der Waals surface area contributed by atoms with Crippen LogP contribution in [-0.4, -0.2) is 18.5 Å². The van der Waals surface area contributed by atoms with Crippen molar-refractivity contribution in [3.8, 4) is 0 Å². The Hall–Kier alpha value is -3.08. The molecular weight excluding hydrogens is 318 g/mol. The molecule has 2 aromatic rings. The number of amides is 1. The van der Waals surface area contributed by atoms with E-state index in [1.165, 1.54) is 18.4 Å². The lowest BCUT2D eigenvalue weighted by atomic mass is 10.2. The summed E-state index contributed by atoms with van der Waals surface area (Å²) in [4.78, 5) is 24.3. The summed E-state index contributed by atoms with van der Waals surface area (Å²) < 4.78 is 10.4. The highest BCUT2D eigenvalue weighted by atomic mass is 16.5. The molecule has 0 bridgehead atoms. The van der Waals surface area contributed by atoms with Crippen molar-refractivity contribution in [1.82, 2.24) is 5.32 Å². The van der Waals surface area contributed by atoms with Crippen LogP contribution in [0.15, 0.2) is 64.9 Å². The molecule has 1 aromatic carbocycles. The third kappa shape index (κ3) is 6.51. The summed E-state index contributed by atoms with van der Waals surface area (Å²) >= 11 is 0. The fourth-order valence-corrected chi connectivity index (χ4v) is 1.96. The molecule has 0 fully saturated rings. The van der Waals surface area contributed by atoms with E-state index in [0.29, 0.717) is 12.4 Å². The zero-order chi connectivity index (χ0) is 17.9. The molecule has 2 rings (SSSR count). The number of esters is 1. The molecule has 1 amide bonds. The van der Waals surface area contributed by atoms with Crippen LogP contribution in [0.4, 0.5) is 0 Å². The average Bonchev–Trinajstić information content (AvgIpc) is 3.13. The van der Waals surface area contributed by atoms with Gasteiger partial charge in [0.25, 0.3) is 0 Å². The first-order valence-electron chi connectivity index (χ1n) is 8.15. The molecule has 0 radical (unpaired) electrons. The van der Waals surface area contributed by atoms with Crippen LogP contribution in [0, 0.1) is 0 Å². The number of ether oxygens (including phenoxy) is 1. The van der Waals surface area contributed by atoms with Gasteiger partial charge in [0.1, 0.15) is 11.5 Å². The second-order valence-corrected chi connectivity index (χ2v) is 5.30. The lowest BCUT2D eigenvalue weighted by Crippen LogP contribution is -2.27. The van der Waals surface area contributed by atoms with Crippen molar-refractivity contribution in [3.63, 3.8) is 0 Å². The predicted molar refractivity (Wildman–Crippen MR) is 96.2 cm³/mol. The molecule has 0 unspecified atom stereocenters. The van der Waals surface area contributed by atoms with Crippen LogP contribution >= 0.6 is 0 Å². The molecule has 0 spiro atoms. The van der Waals surface area contributed by atoms with Gasteiger partial charge in [0.05, 0.1) is 12.9 Å². The van der Waals surface area contributed by atoms with Crippen molar-refractivity contribution in [2.45, 2.75) is 19.8 Å². The Bertz CT molecular complexity index is 730. The molecule has 1 heterocycles. The minimum absolute atomic E-state index is 0.0359. The summed E-state index contributed by atoms with van der Waals surface area (Å²) in [6.07, 6.45) is 7.65. The fraction of sp³-hybridized carbons (Fsp3) is 0.200. The Morgan fingerprint density at radius 1 is 1.16 bits per heavy atom. The number of furan rings is 1. The largest absolute Gasteiger partial charge is 0.465 e. The topological polar surface area (TPSA) is 68.5 Å². The molecular formula is C20H21NO4. The Balaban J connectivity index is 2.06. The van der Waals surface area contributed by atoms with Gasteiger partial charge in [-0.25, -0.2) is 4.79 Å². The van der Waals surface area contributed by atoms with Gasteiger partial charge in [-0.2, -0.15) is 0 Å². The van der Waals surface area contributed by atoms with E-state index < -0.39 is 11.9 Å². The van der Waals surface area contributed by atoms with E-state index in [9.17, 15) is 9.59 Å². The smallest absolute Gasteiger partial charge is 0.354 e. The number of hydrogen-bond donors (Lipinski definition) is 1. The first-order chi connectivity index (χ1) is 12.2. The quantitative estimate of drug-likeness (QED) is 0.451. The Morgan fingerprint density at radius 2 is 1.96 bits per heavy atom. The molecule has 1 aromatic heterocycles. The molecule has 0 aliphatic carbocycles. The number of unbranched alkanes of at least 4 members (excludes halogenated alkanes) is 1. The highest BCUT2D eigenvalue weighted by Gasteiger charge is 2.14. The molecule has 0 atom stereocenters. The monoisotopic (exact) mass is 339 g/mol. The maximum absolute atomic E-state index is 12.2. The summed E-state index contributed by atoms with van der Waals surface area (Å²) in [6, 6.07) is 12.8. The minimum atomic E-state index is -0.591. The number of nitrogens with one attached hydrogen (secondary N) is 1. The number of carbonyl (C=O) groups excluding carboxylic acids is 2. The number of benzene rings is 1. The first-order valence-corrected chi connectivity index (χ1v) is 8.15. The van der Waals surface area contributed by atoms with Crippen LogP contribution in [0.1, 0.15) is 31.1 Å². The summed E-state index contributed by atoms with van der Waals surface area (Å²) in [5, 5.41) is 2.55. The number of carbonyl (C=O) groups is 2. The van der Waals surface area contributed by atoms with Crippen LogP contribution < -0.4 is 5.32 Å². The van der Waals surface area contributed by atoms with Crippen molar-refractivity contribution >= 4 is 24.0 Å². The minimum Gasteiger partial charge on any atom is -0.465 e. The normalized spacial score (nSPS) is 11.5. The molecule has 1 N–H and O–H groups in total. The number of hydrogen-bond acceptors (Lipinski definition) is 4. The van der Waals surface area contributed by atoms with Gasteiger partial charge in [0.2, 0.25) is 5.91 Å². The Morgan fingerprint density at radius 3 is 2.64 bits per heavy atom. The lowest BCUT2D eigenvalue weighted by Gasteiger charge is -2.08. The maximum atomic E-state index is 12.2. The molecule has 130 valence electrons. The van der Waals surface area contributed by atoms with Crippen molar-refractivity contribution in [2.24, 2.45) is 0 Å². The van der Waals surface area contributed by atoms with Crippen molar-refractivity contribution < 1.29 is 18.7 Å². The van der Waals surface area contributed by atoms with Gasteiger partial charge in [-0.15, -0.1) is 0 Å². The average molecular weight is 339 g/mol. The SMILES string of the molecule is CCCCOC(=O)/C(=C\c1ccco1)NC(=O)/C=C/c1ccccc1. The third-order valence-corrected chi connectivity index (χ3v) is 3.27. The van der Waals surface area contributed by atoms with E-state index in [4.69, 9.17) is 9.15 Å². The van der Waals surface area contributed by atoms with Gasteiger partial charge in [0.15, 0.2) is 0 Å². The zero-order valence-electron chi connectivity index (χ0n) is 14.1. The fourth-order valence-electron chi connectivity index (χ4n) is 1.96. The van der Waals surface area contributed by atoms with E-state index in [0.717, 1.165) is 18.4 Å². The highest BCUT2D eigenvalue weighted by molar-refractivity contribution is 6.01. The van der Waals surface area contributed by atoms with Gasteiger partial charge in [-0.05, 0) is 30.2 Å². The van der Waals surface area contributed by atoms with Crippen LogP contribution in [0.3, 0.4) is 0 Å². The zero-order valence-corrected chi connectivity index (χ0v) is 14.1. The van der Waals surface area contributed by atoms with E-state index in [2.05, 4.69) is 5.32 Å². The Kier molecular flexibility index (Phi) is 7.25. The molecule has 0 saturated carbocycles. The second-order valence-electron chi connectivity index (χ2n) is 5.30. The van der Waals surface area contributed by atoms with E-state index in [1.807, 2.05) is 37.3 Å². The van der Waals surface area contributed by atoms with Gasteiger partial charge in [0, 0.05) is 12.2 Å². The Labute approximate surface area is 147 Å². The second kappa shape index (κ2) is 9.93. The molecule has 0 aliphatic heterocycles. The number of rotatable bonds is 8. The van der Waals surface area contributed by atoms with Crippen molar-refractivity contribution in [3.05, 3.63) is 71.8 Å². The van der Waals surface area contributed by atoms with Crippen molar-refractivity contribution in [2.75, 3.05) is 6.61 Å². The molecule has 5 heteroatoms. The van der Waals surface area contributed by atoms with Gasteiger partial charge >= 0.3 is 5.97 Å². The summed E-state index contributed by atoms with van der Waals surface area (Å²) in [6.45, 7) is 2.31. The van der Waals surface area contributed by atoms with E-state index in [1.54, 1.807) is 18.2 Å². The summed E-state index contributed by atoms with van der Waals surface area (Å²) in [5.74, 6) is -0.560. The first kappa shape index (κ1) is 18.3. The van der Waals surface area contributed by atoms with E-state index in [-0.39, 0.29) is 5.70 Å². The van der Waals surface area contributed by atoms with Gasteiger partial charge in [-0.1, -0.05) is 43.7 Å². The molecule has 5 nitrogen and oxygen atoms in total. The maximum Gasteiger partial charge on any atom is 0.354 e. The standard InChI is InChI=1S/C20H21NO4/c1-2-3-13-25-20(23)18(15-17-10-7-14-24-17)21-19(22)12-11-16-8-5-4-6-9-16/h4-12,14-15H,2-3,13H2,1H3,(H,21,22)/b12-11+,18-15+. The van der Waals surface area contributed by atoms with Gasteiger partial charge < -0.3 is 14.5 Å². The third-order valence-electron chi connectivity index (χ3n) is 3.27. The lowest BCUT2D eigenvalue weighted by molar-refractivity contribution is -0.140. The van der Waals surface area contributed by atoms with Crippen LogP contribution in [-0.2, 0) is 14.3 Å². The van der Waals surface area contributed by atoms with Crippen LogP contribution in [0.2, 0.25) is 0 Å². The van der Waals surface area contributed by atoms with E-state index >= 15 is 0 Å². The summed E-state index contributed by atoms with van der Waals surface area (Å²) in [5.41, 5.74) is 0.925. The highest BCUT2D eigenvalue weighted by Crippen LogP contribution is 2.08. The van der Waals surface area contributed by atoms with Gasteiger partial charge in [-0.3, -0.25) is 4.79 Å². The summed E-state index contributed by atoms with van der Waals surface area (Å²) in [7, 11) is 0. The van der Waals surface area contributed by atoms with Crippen LogP contribution in [0.5, 0.6) is 0 Å².